The predicted molar refractivity (Wildman–Crippen MR) is 85.6 cm³/mol. The van der Waals surface area contributed by atoms with E-state index in [1.807, 2.05) is 0 Å². The summed E-state index contributed by atoms with van der Waals surface area (Å²) in [6.07, 6.45) is 1.94. The third kappa shape index (κ3) is 7.71. The number of hydrogen-bond donors (Lipinski definition) is 2. The van der Waals surface area contributed by atoms with Crippen LogP contribution in [-0.4, -0.2) is 78.3 Å². The molecule has 1 amide bonds. The molecule has 0 saturated carbocycles. The van der Waals surface area contributed by atoms with Gasteiger partial charge in [0, 0.05) is 54.9 Å². The minimum absolute atomic E-state index is 0.0497. The summed E-state index contributed by atoms with van der Waals surface area (Å²) in [6, 6.07) is -1.06. The van der Waals surface area contributed by atoms with Gasteiger partial charge in [-0.2, -0.15) is 0 Å². The molecule has 0 aliphatic carbocycles. The molecule has 22 heavy (non-hydrogen) atoms. The number of nitroso groups, excluding NO2 is 1. The van der Waals surface area contributed by atoms with Crippen LogP contribution in [0, 0.1) is 4.91 Å². The lowest BCUT2D eigenvalue weighted by molar-refractivity contribution is -0.141. The van der Waals surface area contributed by atoms with Gasteiger partial charge < -0.3 is 20.2 Å². The topological polar surface area (TPSA) is 102 Å². The molecule has 9 heteroatoms. The minimum atomic E-state index is -1.15. The standard InChI is InChI=1S/C13H24N4O4S/c1-16-6-8-17(9-7-16)5-3-2-4-12(18)14-11(13(19)20)10-22-15-21/h11H,2-10H2,1H3,(H,14,18)(H,19,20). The number of carboxylic acids is 1. The van der Waals surface area contributed by atoms with Gasteiger partial charge in [-0.05, 0) is 26.4 Å². The SMILES string of the molecule is CN1CCN(CCCCC(=O)NC(CSN=O)C(=O)O)CC1. The summed E-state index contributed by atoms with van der Waals surface area (Å²) in [5.74, 6) is -1.49. The van der Waals surface area contributed by atoms with Gasteiger partial charge >= 0.3 is 5.97 Å². The maximum absolute atomic E-state index is 11.7. The Bertz CT molecular complexity index is 375. The Morgan fingerprint density at radius 1 is 1.27 bits per heavy atom. The second-order valence-electron chi connectivity index (χ2n) is 5.43. The lowest BCUT2D eigenvalue weighted by Crippen LogP contribution is -2.44. The molecule has 1 saturated heterocycles. The van der Waals surface area contributed by atoms with Gasteiger partial charge in [-0.15, -0.1) is 4.91 Å². The van der Waals surface area contributed by atoms with E-state index in [2.05, 4.69) is 26.7 Å². The quantitative estimate of drug-likeness (QED) is 0.339. The van der Waals surface area contributed by atoms with Crippen LogP contribution in [0.4, 0.5) is 0 Å². The summed E-state index contributed by atoms with van der Waals surface area (Å²) >= 11 is 0.597. The van der Waals surface area contributed by atoms with Gasteiger partial charge in [-0.3, -0.25) is 4.79 Å². The molecule has 0 aromatic rings. The number of nitrogens with one attached hydrogen (secondary N) is 1. The average molecular weight is 332 g/mol. The zero-order valence-corrected chi connectivity index (χ0v) is 13.7. The Labute approximate surface area is 134 Å². The second-order valence-corrected chi connectivity index (χ2v) is 6.17. The molecule has 1 rings (SSSR count). The molecule has 0 bridgehead atoms. The Balaban J connectivity index is 2.14. The fourth-order valence-corrected chi connectivity index (χ4v) is 2.67. The highest BCUT2D eigenvalue weighted by Gasteiger charge is 2.20. The van der Waals surface area contributed by atoms with Crippen molar-refractivity contribution in [1.29, 1.82) is 0 Å². The molecule has 0 spiro atoms. The molecule has 1 aliphatic heterocycles. The first-order chi connectivity index (χ1) is 10.5. The number of likely N-dealkylation sites (N-methyl/N-ethyl adjacent to an activating group) is 1. The molecule has 1 fully saturated rings. The third-order valence-corrected chi connectivity index (χ3v) is 4.24. The van der Waals surface area contributed by atoms with Crippen molar-refractivity contribution in [3.8, 4) is 0 Å². The van der Waals surface area contributed by atoms with Crippen molar-refractivity contribution in [2.45, 2.75) is 25.3 Å². The van der Waals surface area contributed by atoms with Gasteiger partial charge in [0.2, 0.25) is 5.91 Å². The fraction of sp³-hybridized carbons (Fsp3) is 0.846. The molecular weight excluding hydrogens is 308 g/mol. The van der Waals surface area contributed by atoms with Gasteiger partial charge in [0.05, 0.1) is 0 Å². The number of amides is 1. The van der Waals surface area contributed by atoms with Crippen molar-refractivity contribution in [2.24, 2.45) is 4.58 Å². The van der Waals surface area contributed by atoms with Crippen LogP contribution >= 0.6 is 11.9 Å². The molecular formula is C13H24N4O4S. The van der Waals surface area contributed by atoms with Crippen LogP contribution in [0.25, 0.3) is 0 Å². The van der Waals surface area contributed by atoms with Gasteiger partial charge in [0.25, 0.3) is 0 Å². The van der Waals surface area contributed by atoms with Gasteiger partial charge in [-0.25, -0.2) is 4.79 Å². The summed E-state index contributed by atoms with van der Waals surface area (Å²) in [7, 11) is 2.11. The zero-order valence-electron chi connectivity index (χ0n) is 12.9. The van der Waals surface area contributed by atoms with Crippen LogP contribution in [0.1, 0.15) is 19.3 Å². The minimum Gasteiger partial charge on any atom is -0.480 e. The molecule has 2 N–H and O–H groups in total. The Morgan fingerprint density at radius 3 is 2.55 bits per heavy atom. The molecule has 1 aliphatic rings. The highest BCUT2D eigenvalue weighted by Crippen LogP contribution is 2.06. The fourth-order valence-electron chi connectivity index (χ4n) is 2.24. The van der Waals surface area contributed by atoms with Crippen LogP contribution in [0.5, 0.6) is 0 Å². The summed E-state index contributed by atoms with van der Waals surface area (Å²) in [5.41, 5.74) is 0. The smallest absolute Gasteiger partial charge is 0.327 e. The average Bonchev–Trinajstić information content (AvgIpc) is 2.49. The van der Waals surface area contributed by atoms with Gasteiger partial charge in [0.1, 0.15) is 6.04 Å². The lowest BCUT2D eigenvalue weighted by Gasteiger charge is -2.32. The Hall–Kier alpha value is -1.19. The van der Waals surface area contributed by atoms with Crippen LogP contribution in [0.2, 0.25) is 0 Å². The first-order valence-electron chi connectivity index (χ1n) is 7.40. The highest BCUT2D eigenvalue weighted by atomic mass is 32.2. The van der Waals surface area contributed by atoms with Crippen molar-refractivity contribution in [2.75, 3.05) is 45.5 Å². The van der Waals surface area contributed by atoms with Crippen LogP contribution in [0.3, 0.4) is 0 Å². The molecule has 126 valence electrons. The first-order valence-corrected chi connectivity index (χ1v) is 8.35. The van der Waals surface area contributed by atoms with Crippen molar-refractivity contribution in [3.63, 3.8) is 0 Å². The van der Waals surface area contributed by atoms with Crippen molar-refractivity contribution in [1.82, 2.24) is 15.1 Å². The van der Waals surface area contributed by atoms with Crippen LogP contribution in [0.15, 0.2) is 4.58 Å². The summed E-state index contributed by atoms with van der Waals surface area (Å²) in [5, 5.41) is 11.3. The summed E-state index contributed by atoms with van der Waals surface area (Å²) < 4.78 is 2.54. The molecule has 8 nitrogen and oxygen atoms in total. The zero-order chi connectivity index (χ0) is 16.4. The number of carboxylic acid groups (broad SMARTS) is 1. The van der Waals surface area contributed by atoms with E-state index in [4.69, 9.17) is 5.11 Å². The molecule has 0 aromatic heterocycles. The van der Waals surface area contributed by atoms with E-state index in [0.29, 0.717) is 18.4 Å². The number of aliphatic carboxylic acids is 1. The van der Waals surface area contributed by atoms with Crippen molar-refractivity contribution < 1.29 is 14.7 Å². The third-order valence-electron chi connectivity index (χ3n) is 3.65. The Morgan fingerprint density at radius 2 is 1.95 bits per heavy atom. The van der Waals surface area contributed by atoms with E-state index in [-0.39, 0.29) is 11.7 Å². The number of nitrogens with zero attached hydrogens (tertiary/aromatic N) is 3. The van der Waals surface area contributed by atoms with Crippen LogP contribution < -0.4 is 5.32 Å². The van der Waals surface area contributed by atoms with E-state index in [9.17, 15) is 14.5 Å². The second kappa shape index (κ2) is 10.5. The highest BCUT2D eigenvalue weighted by molar-refractivity contribution is 7.97. The van der Waals surface area contributed by atoms with Gasteiger partial charge in [0.15, 0.2) is 0 Å². The number of hydrogen-bond acceptors (Lipinski definition) is 7. The maximum atomic E-state index is 11.7. The summed E-state index contributed by atoms with van der Waals surface area (Å²) in [4.78, 5) is 37.3. The molecule has 1 atom stereocenters. The first kappa shape index (κ1) is 18.9. The lowest BCUT2D eigenvalue weighted by atomic mass is 10.2. The number of unbranched alkanes of at least 4 members (excludes halogenated alkanes) is 1. The van der Waals surface area contributed by atoms with E-state index < -0.39 is 12.0 Å². The van der Waals surface area contributed by atoms with Crippen LogP contribution in [-0.2, 0) is 9.59 Å². The summed E-state index contributed by atoms with van der Waals surface area (Å²) in [6.45, 7) is 5.22. The number of rotatable bonds is 10. The monoisotopic (exact) mass is 332 g/mol. The van der Waals surface area contributed by atoms with E-state index in [1.165, 1.54) is 0 Å². The predicted octanol–water partition coefficient (Wildman–Crippen LogP) is 0.388. The number of carbonyl (C=O) groups excluding carboxylic acids is 1. The largest absolute Gasteiger partial charge is 0.480 e. The molecule has 0 radical (unpaired) electrons. The molecule has 0 aromatic carbocycles. The normalized spacial score (nSPS) is 17.9. The van der Waals surface area contributed by atoms with E-state index in [1.54, 1.807) is 0 Å². The van der Waals surface area contributed by atoms with Gasteiger partial charge in [-0.1, -0.05) is 0 Å². The van der Waals surface area contributed by atoms with E-state index in [0.717, 1.165) is 45.6 Å². The number of piperazine rings is 1. The van der Waals surface area contributed by atoms with Crippen molar-refractivity contribution in [3.05, 3.63) is 4.91 Å². The maximum Gasteiger partial charge on any atom is 0.327 e. The van der Waals surface area contributed by atoms with E-state index >= 15 is 0 Å². The Kier molecular flexibility index (Phi) is 9.02. The number of carbonyl (C=O) groups is 2. The van der Waals surface area contributed by atoms with Crippen molar-refractivity contribution >= 4 is 23.8 Å². The molecule has 1 heterocycles. The molecule has 1 unspecified atom stereocenters.